The Morgan fingerprint density at radius 3 is 2.32 bits per heavy atom. The van der Waals surface area contributed by atoms with E-state index in [2.05, 4.69) is 4.90 Å². The van der Waals surface area contributed by atoms with Crippen LogP contribution in [-0.4, -0.2) is 40.3 Å². The molecule has 1 aliphatic heterocycles. The molecule has 0 saturated carbocycles. The monoisotopic (exact) mass is 263 g/mol. The lowest BCUT2D eigenvalue weighted by Gasteiger charge is -2.36. The van der Waals surface area contributed by atoms with Crippen molar-refractivity contribution in [2.24, 2.45) is 5.92 Å². The van der Waals surface area contributed by atoms with Gasteiger partial charge >= 0.3 is 0 Å². The number of likely N-dealkylation sites (tertiary alicyclic amines) is 1. The smallest absolute Gasteiger partial charge is 0.0819 e. The standard InChI is InChI=1S/C16H25NO2/c1-16(2,19)12-17-10-8-14(9-11-17)15(18)13-6-4-3-5-7-13/h3-7,14-15,18-19H,8-12H2,1-2H3. The van der Waals surface area contributed by atoms with E-state index in [9.17, 15) is 10.2 Å². The predicted molar refractivity (Wildman–Crippen MR) is 76.9 cm³/mol. The summed E-state index contributed by atoms with van der Waals surface area (Å²) in [6.07, 6.45) is 1.63. The summed E-state index contributed by atoms with van der Waals surface area (Å²) in [6, 6.07) is 9.91. The number of hydrogen-bond acceptors (Lipinski definition) is 3. The van der Waals surface area contributed by atoms with Crippen molar-refractivity contribution in [2.45, 2.75) is 38.4 Å². The summed E-state index contributed by atoms with van der Waals surface area (Å²) in [5.74, 6) is 0.334. The van der Waals surface area contributed by atoms with Crippen LogP contribution in [0.2, 0.25) is 0 Å². The van der Waals surface area contributed by atoms with Gasteiger partial charge < -0.3 is 15.1 Å². The lowest BCUT2D eigenvalue weighted by Crippen LogP contribution is -2.43. The summed E-state index contributed by atoms with van der Waals surface area (Å²) >= 11 is 0. The lowest BCUT2D eigenvalue weighted by atomic mass is 9.87. The van der Waals surface area contributed by atoms with Crippen LogP contribution in [0.5, 0.6) is 0 Å². The highest BCUT2D eigenvalue weighted by Gasteiger charge is 2.28. The molecule has 19 heavy (non-hydrogen) atoms. The van der Waals surface area contributed by atoms with Crippen molar-refractivity contribution in [3.63, 3.8) is 0 Å². The van der Waals surface area contributed by atoms with Crippen molar-refractivity contribution in [1.82, 2.24) is 4.90 Å². The zero-order valence-corrected chi connectivity index (χ0v) is 11.9. The minimum Gasteiger partial charge on any atom is -0.389 e. The number of hydrogen-bond donors (Lipinski definition) is 2. The molecular weight excluding hydrogens is 238 g/mol. The van der Waals surface area contributed by atoms with Crippen LogP contribution in [0.1, 0.15) is 38.4 Å². The molecule has 0 amide bonds. The van der Waals surface area contributed by atoms with Crippen LogP contribution < -0.4 is 0 Å². The van der Waals surface area contributed by atoms with Gasteiger partial charge in [0.15, 0.2) is 0 Å². The van der Waals surface area contributed by atoms with Gasteiger partial charge in [0.25, 0.3) is 0 Å². The highest BCUT2D eigenvalue weighted by atomic mass is 16.3. The maximum absolute atomic E-state index is 10.4. The van der Waals surface area contributed by atoms with Gasteiger partial charge in [0, 0.05) is 6.54 Å². The average Bonchev–Trinajstić information content (AvgIpc) is 2.38. The third kappa shape index (κ3) is 4.30. The number of piperidine rings is 1. The normalized spacial score (nSPS) is 20.4. The molecule has 0 bridgehead atoms. The second-order valence-corrected chi connectivity index (χ2v) is 6.28. The van der Waals surface area contributed by atoms with Gasteiger partial charge in [-0.05, 0) is 51.3 Å². The summed E-state index contributed by atoms with van der Waals surface area (Å²) in [6.45, 7) is 6.31. The molecule has 1 aliphatic rings. The van der Waals surface area contributed by atoms with Gasteiger partial charge in [-0.15, -0.1) is 0 Å². The third-order valence-electron chi connectivity index (χ3n) is 3.83. The summed E-state index contributed by atoms with van der Waals surface area (Å²) in [5, 5.41) is 20.2. The minimum absolute atomic E-state index is 0.334. The number of rotatable bonds is 4. The zero-order chi connectivity index (χ0) is 13.9. The fourth-order valence-electron chi connectivity index (χ4n) is 2.90. The molecule has 1 aromatic rings. The summed E-state index contributed by atoms with van der Waals surface area (Å²) < 4.78 is 0. The molecule has 2 rings (SSSR count). The lowest BCUT2D eigenvalue weighted by molar-refractivity contribution is 0.00719. The van der Waals surface area contributed by atoms with Crippen molar-refractivity contribution in [1.29, 1.82) is 0 Å². The van der Waals surface area contributed by atoms with Crippen LogP contribution in [0.15, 0.2) is 30.3 Å². The number of nitrogens with zero attached hydrogens (tertiary/aromatic N) is 1. The van der Waals surface area contributed by atoms with Crippen LogP contribution in [-0.2, 0) is 0 Å². The Labute approximate surface area is 115 Å². The first-order valence-corrected chi connectivity index (χ1v) is 7.13. The van der Waals surface area contributed by atoms with Gasteiger partial charge in [-0.3, -0.25) is 0 Å². The molecule has 0 aliphatic carbocycles. The molecule has 1 unspecified atom stereocenters. The topological polar surface area (TPSA) is 43.7 Å². The van der Waals surface area contributed by atoms with E-state index in [0.717, 1.165) is 31.5 Å². The van der Waals surface area contributed by atoms with Gasteiger partial charge in [-0.2, -0.15) is 0 Å². The molecule has 106 valence electrons. The minimum atomic E-state index is -0.634. The van der Waals surface area contributed by atoms with E-state index in [4.69, 9.17) is 0 Å². The van der Waals surface area contributed by atoms with E-state index in [-0.39, 0.29) is 6.10 Å². The first kappa shape index (κ1) is 14.5. The van der Waals surface area contributed by atoms with Gasteiger partial charge in [0.1, 0.15) is 0 Å². The van der Waals surface area contributed by atoms with Crippen molar-refractivity contribution in [3.8, 4) is 0 Å². The van der Waals surface area contributed by atoms with Gasteiger partial charge in [0.2, 0.25) is 0 Å². The average molecular weight is 263 g/mol. The molecule has 0 radical (unpaired) electrons. The van der Waals surface area contributed by atoms with Crippen molar-refractivity contribution in [2.75, 3.05) is 19.6 Å². The first-order chi connectivity index (χ1) is 8.96. The highest BCUT2D eigenvalue weighted by Crippen LogP contribution is 2.30. The van der Waals surface area contributed by atoms with Crippen LogP contribution >= 0.6 is 0 Å². The first-order valence-electron chi connectivity index (χ1n) is 7.13. The van der Waals surface area contributed by atoms with E-state index in [1.165, 1.54) is 0 Å². The molecule has 1 heterocycles. The SMILES string of the molecule is CC(C)(O)CN1CCC(C(O)c2ccccc2)CC1. The zero-order valence-electron chi connectivity index (χ0n) is 11.9. The molecular formula is C16H25NO2. The van der Waals surface area contributed by atoms with Crippen LogP contribution in [0.3, 0.4) is 0 Å². The van der Waals surface area contributed by atoms with Crippen LogP contribution in [0, 0.1) is 5.92 Å². The summed E-state index contributed by atoms with van der Waals surface area (Å²) in [5.41, 5.74) is 0.383. The second kappa shape index (κ2) is 6.04. The summed E-state index contributed by atoms with van der Waals surface area (Å²) in [7, 11) is 0. The highest BCUT2D eigenvalue weighted by molar-refractivity contribution is 5.18. The number of aliphatic hydroxyl groups excluding tert-OH is 1. The Hall–Kier alpha value is -0.900. The van der Waals surface area contributed by atoms with E-state index in [1.807, 2.05) is 44.2 Å². The molecule has 3 heteroatoms. The van der Waals surface area contributed by atoms with Crippen molar-refractivity contribution >= 4 is 0 Å². The fraction of sp³-hybridized carbons (Fsp3) is 0.625. The molecule has 1 saturated heterocycles. The molecule has 1 atom stereocenters. The van der Waals surface area contributed by atoms with Crippen LogP contribution in [0.4, 0.5) is 0 Å². The van der Waals surface area contributed by atoms with E-state index in [1.54, 1.807) is 0 Å². The van der Waals surface area contributed by atoms with Crippen LogP contribution in [0.25, 0.3) is 0 Å². The molecule has 2 N–H and O–H groups in total. The summed E-state index contributed by atoms with van der Waals surface area (Å²) in [4.78, 5) is 2.29. The van der Waals surface area contributed by atoms with Crippen molar-refractivity contribution < 1.29 is 10.2 Å². The van der Waals surface area contributed by atoms with Crippen molar-refractivity contribution in [3.05, 3.63) is 35.9 Å². The van der Waals surface area contributed by atoms with E-state index < -0.39 is 5.60 Å². The molecule has 0 spiro atoms. The molecule has 1 fully saturated rings. The van der Waals surface area contributed by atoms with Gasteiger partial charge in [-0.1, -0.05) is 30.3 Å². The maximum Gasteiger partial charge on any atom is 0.0819 e. The predicted octanol–water partition coefficient (Wildman–Crippen LogP) is 2.20. The fourth-order valence-corrected chi connectivity index (χ4v) is 2.90. The third-order valence-corrected chi connectivity index (χ3v) is 3.83. The Bertz CT molecular complexity index is 377. The van der Waals surface area contributed by atoms with E-state index >= 15 is 0 Å². The second-order valence-electron chi connectivity index (χ2n) is 6.28. The molecule has 0 aromatic heterocycles. The van der Waals surface area contributed by atoms with Gasteiger partial charge in [0.05, 0.1) is 11.7 Å². The number of aliphatic hydroxyl groups is 2. The maximum atomic E-state index is 10.4. The van der Waals surface area contributed by atoms with Gasteiger partial charge in [-0.25, -0.2) is 0 Å². The number of β-amino-alcohol motifs (C(OH)–C–C–N with tert-alkyl or cyclic N) is 1. The number of benzene rings is 1. The Morgan fingerprint density at radius 1 is 1.21 bits per heavy atom. The molecule has 3 nitrogen and oxygen atoms in total. The Morgan fingerprint density at radius 2 is 1.79 bits per heavy atom. The quantitative estimate of drug-likeness (QED) is 0.875. The van der Waals surface area contributed by atoms with E-state index in [0.29, 0.717) is 12.5 Å². The molecule has 1 aromatic carbocycles. The largest absolute Gasteiger partial charge is 0.389 e. The Balaban J connectivity index is 1.86. The Kier molecular flexibility index (Phi) is 4.61.